The lowest BCUT2D eigenvalue weighted by molar-refractivity contribution is -0.137. The van der Waals surface area contributed by atoms with E-state index in [0.29, 0.717) is 32.1 Å². The summed E-state index contributed by atoms with van der Waals surface area (Å²) >= 11 is 0. The SMILES string of the molecule is Cn1c(-c2cccc(C(F)(F)F)c2)nc2c(NC(=O)c3cncc(N4CCOCC4)n3)cccc2c1=O. The molecule has 1 aliphatic heterocycles. The van der Waals surface area contributed by atoms with Gasteiger partial charge in [0.1, 0.15) is 22.9 Å². The van der Waals surface area contributed by atoms with E-state index in [-0.39, 0.29) is 33.7 Å². The molecular formula is C25H21F3N6O3. The van der Waals surface area contributed by atoms with E-state index < -0.39 is 23.2 Å². The molecule has 2 aromatic heterocycles. The Labute approximate surface area is 208 Å². The lowest BCUT2D eigenvalue weighted by atomic mass is 10.1. The monoisotopic (exact) mass is 510 g/mol. The Morgan fingerprint density at radius 3 is 2.57 bits per heavy atom. The molecule has 2 aromatic carbocycles. The van der Waals surface area contributed by atoms with E-state index in [4.69, 9.17) is 4.74 Å². The minimum absolute atomic E-state index is 0.0272. The highest BCUT2D eigenvalue weighted by Gasteiger charge is 2.31. The Bertz CT molecular complexity index is 1550. The zero-order valence-corrected chi connectivity index (χ0v) is 19.6. The fraction of sp³-hybridized carbons (Fsp3) is 0.240. The van der Waals surface area contributed by atoms with Gasteiger partial charge in [-0.05, 0) is 24.3 Å². The van der Waals surface area contributed by atoms with Crippen molar-refractivity contribution in [1.82, 2.24) is 19.5 Å². The number of carbonyl (C=O) groups is 1. The second kappa shape index (κ2) is 9.62. The molecule has 0 atom stereocenters. The highest BCUT2D eigenvalue weighted by atomic mass is 19.4. The molecule has 0 radical (unpaired) electrons. The first-order valence-corrected chi connectivity index (χ1v) is 11.4. The van der Waals surface area contributed by atoms with Gasteiger partial charge in [0.25, 0.3) is 11.5 Å². The van der Waals surface area contributed by atoms with Gasteiger partial charge in [-0.1, -0.05) is 18.2 Å². The number of benzene rings is 2. The number of aromatic nitrogens is 4. The average molecular weight is 510 g/mol. The number of carbonyl (C=O) groups excluding carboxylic acids is 1. The fourth-order valence-corrected chi connectivity index (χ4v) is 4.08. The molecule has 5 rings (SSSR count). The lowest BCUT2D eigenvalue weighted by Gasteiger charge is -2.27. The maximum absolute atomic E-state index is 13.3. The number of alkyl halides is 3. The van der Waals surface area contributed by atoms with Gasteiger partial charge in [-0.2, -0.15) is 13.2 Å². The van der Waals surface area contributed by atoms with Crippen LogP contribution < -0.4 is 15.8 Å². The standard InChI is InChI=1S/C25H21F3N6O3/c1-33-22(15-4-2-5-16(12-15)25(26,27)28)32-21-17(24(33)36)6-3-7-18(21)31-23(35)19-13-29-14-20(30-19)34-8-10-37-11-9-34/h2-7,12-14H,8-11H2,1H3,(H,31,35). The van der Waals surface area contributed by atoms with Gasteiger partial charge in [0, 0.05) is 25.7 Å². The summed E-state index contributed by atoms with van der Waals surface area (Å²) in [6.07, 6.45) is -1.67. The van der Waals surface area contributed by atoms with E-state index in [1.807, 2.05) is 4.90 Å². The lowest BCUT2D eigenvalue weighted by Crippen LogP contribution is -2.37. The molecule has 1 amide bonds. The van der Waals surface area contributed by atoms with Gasteiger partial charge >= 0.3 is 6.18 Å². The zero-order valence-electron chi connectivity index (χ0n) is 19.6. The number of anilines is 2. The number of ether oxygens (including phenoxy) is 1. The zero-order chi connectivity index (χ0) is 26.2. The number of fused-ring (bicyclic) bond motifs is 1. The number of para-hydroxylation sites is 1. The van der Waals surface area contributed by atoms with Crippen LogP contribution in [0.25, 0.3) is 22.3 Å². The van der Waals surface area contributed by atoms with Crippen LogP contribution in [0.5, 0.6) is 0 Å². The summed E-state index contributed by atoms with van der Waals surface area (Å²) in [5.74, 6) is -0.00897. The topological polar surface area (TPSA) is 102 Å². The first kappa shape index (κ1) is 24.4. The number of nitrogens with zero attached hydrogens (tertiary/aromatic N) is 5. The van der Waals surface area contributed by atoms with Crippen molar-refractivity contribution in [3.05, 3.63) is 76.5 Å². The predicted octanol–water partition coefficient (Wildman–Crippen LogP) is 3.50. The summed E-state index contributed by atoms with van der Waals surface area (Å²) in [6.45, 7) is 2.33. The Morgan fingerprint density at radius 1 is 1.05 bits per heavy atom. The van der Waals surface area contributed by atoms with Crippen molar-refractivity contribution in [3.63, 3.8) is 0 Å². The maximum atomic E-state index is 13.3. The van der Waals surface area contributed by atoms with Crippen LogP contribution in [0.2, 0.25) is 0 Å². The minimum atomic E-state index is -4.55. The Balaban J connectivity index is 1.53. The summed E-state index contributed by atoms with van der Waals surface area (Å²) in [5.41, 5.74) is -0.803. The second-order valence-corrected chi connectivity index (χ2v) is 8.40. The second-order valence-electron chi connectivity index (χ2n) is 8.40. The molecule has 0 bridgehead atoms. The van der Waals surface area contributed by atoms with Gasteiger partial charge in [-0.3, -0.25) is 19.1 Å². The number of morpholine rings is 1. The van der Waals surface area contributed by atoms with Crippen LogP contribution in [0.1, 0.15) is 16.1 Å². The third-order valence-corrected chi connectivity index (χ3v) is 5.99. The molecule has 9 nitrogen and oxygen atoms in total. The van der Waals surface area contributed by atoms with Crippen LogP contribution in [0, 0.1) is 0 Å². The number of hydrogen-bond acceptors (Lipinski definition) is 7. The fourth-order valence-electron chi connectivity index (χ4n) is 4.08. The molecule has 1 fully saturated rings. The van der Waals surface area contributed by atoms with Crippen LogP contribution >= 0.6 is 0 Å². The van der Waals surface area contributed by atoms with Crippen molar-refractivity contribution < 1.29 is 22.7 Å². The van der Waals surface area contributed by atoms with Crippen LogP contribution in [0.15, 0.2) is 59.7 Å². The summed E-state index contributed by atoms with van der Waals surface area (Å²) < 4.78 is 46.4. The van der Waals surface area contributed by atoms with Crippen molar-refractivity contribution in [2.45, 2.75) is 6.18 Å². The minimum Gasteiger partial charge on any atom is -0.378 e. The third-order valence-electron chi connectivity index (χ3n) is 5.99. The van der Waals surface area contributed by atoms with Gasteiger partial charge in [0.2, 0.25) is 0 Å². The molecule has 3 heterocycles. The Hall–Kier alpha value is -4.32. The third kappa shape index (κ3) is 4.87. The summed E-state index contributed by atoms with van der Waals surface area (Å²) in [7, 11) is 1.43. The number of hydrogen-bond donors (Lipinski definition) is 1. The van der Waals surface area contributed by atoms with E-state index in [2.05, 4.69) is 20.3 Å². The molecule has 12 heteroatoms. The number of rotatable bonds is 4. The maximum Gasteiger partial charge on any atom is 0.416 e. The summed E-state index contributed by atoms with van der Waals surface area (Å²) in [5, 5.41) is 2.92. The number of amides is 1. The van der Waals surface area contributed by atoms with E-state index in [0.717, 1.165) is 12.1 Å². The Kier molecular flexibility index (Phi) is 6.34. The average Bonchev–Trinajstić information content (AvgIpc) is 2.91. The summed E-state index contributed by atoms with van der Waals surface area (Å²) in [4.78, 5) is 41.1. The molecule has 0 spiro atoms. The van der Waals surface area contributed by atoms with Gasteiger partial charge in [0.15, 0.2) is 0 Å². The summed E-state index contributed by atoms with van der Waals surface area (Å²) in [6, 6.07) is 9.25. The number of halogens is 3. The largest absolute Gasteiger partial charge is 0.416 e. The van der Waals surface area contributed by atoms with Crippen LogP contribution in [-0.4, -0.2) is 51.7 Å². The van der Waals surface area contributed by atoms with Crippen molar-refractivity contribution >= 4 is 28.3 Å². The van der Waals surface area contributed by atoms with Crippen LogP contribution in [-0.2, 0) is 18.0 Å². The first-order chi connectivity index (χ1) is 17.7. The highest BCUT2D eigenvalue weighted by molar-refractivity contribution is 6.07. The molecule has 190 valence electrons. The Morgan fingerprint density at radius 2 is 1.81 bits per heavy atom. The van der Waals surface area contributed by atoms with E-state index in [1.54, 1.807) is 18.3 Å². The van der Waals surface area contributed by atoms with E-state index in [1.165, 1.54) is 36.0 Å². The smallest absolute Gasteiger partial charge is 0.378 e. The van der Waals surface area contributed by atoms with Crippen LogP contribution in [0.4, 0.5) is 24.7 Å². The molecule has 1 aliphatic rings. The van der Waals surface area contributed by atoms with Crippen molar-refractivity contribution in [2.24, 2.45) is 7.05 Å². The van der Waals surface area contributed by atoms with Gasteiger partial charge in [-0.25, -0.2) is 9.97 Å². The molecule has 1 N–H and O–H groups in total. The molecular weight excluding hydrogens is 489 g/mol. The van der Waals surface area contributed by atoms with E-state index >= 15 is 0 Å². The molecule has 37 heavy (non-hydrogen) atoms. The molecule has 0 aliphatic carbocycles. The molecule has 1 saturated heterocycles. The molecule has 0 unspecified atom stereocenters. The van der Waals surface area contributed by atoms with Crippen molar-refractivity contribution in [2.75, 3.05) is 36.5 Å². The number of nitrogens with one attached hydrogen (secondary N) is 1. The normalized spacial score (nSPS) is 14.1. The quantitative estimate of drug-likeness (QED) is 0.448. The van der Waals surface area contributed by atoms with Gasteiger partial charge in [0.05, 0.1) is 42.2 Å². The first-order valence-electron chi connectivity index (χ1n) is 11.4. The molecule has 0 saturated carbocycles. The van der Waals surface area contributed by atoms with E-state index in [9.17, 15) is 22.8 Å². The highest BCUT2D eigenvalue weighted by Crippen LogP contribution is 2.32. The molecule has 4 aromatic rings. The van der Waals surface area contributed by atoms with Gasteiger partial charge < -0.3 is 15.0 Å². The van der Waals surface area contributed by atoms with Gasteiger partial charge in [-0.15, -0.1) is 0 Å². The van der Waals surface area contributed by atoms with Crippen molar-refractivity contribution in [3.8, 4) is 11.4 Å². The van der Waals surface area contributed by atoms with Crippen LogP contribution in [0.3, 0.4) is 0 Å². The van der Waals surface area contributed by atoms with Crippen molar-refractivity contribution in [1.29, 1.82) is 0 Å². The predicted molar refractivity (Wildman–Crippen MR) is 130 cm³/mol.